The number of allylic oxidation sites excluding steroid dienone is 4. The first-order chi connectivity index (χ1) is 17.2. The van der Waals surface area contributed by atoms with E-state index in [0.29, 0.717) is 11.8 Å². The van der Waals surface area contributed by atoms with Crippen LogP contribution in [0.2, 0.25) is 18.6 Å². The van der Waals surface area contributed by atoms with Crippen LogP contribution in [0.1, 0.15) is 78.0 Å². The summed E-state index contributed by atoms with van der Waals surface area (Å²) < 4.78 is 2.89. The SMILES string of the molecule is CCC1CC2C(c3cc(C(C)(C)C)cc(C(C)(C)C)c3)=CC=CC2C1[Si](C)(C)N1CC[N-]CC1.[CH3-].[Cl][Ti][Cl]. The van der Waals surface area contributed by atoms with Gasteiger partial charge in [-0.3, -0.25) is 0 Å². The van der Waals surface area contributed by atoms with Crippen LogP contribution in [0.15, 0.2) is 36.4 Å². The van der Waals surface area contributed by atoms with E-state index in [0.717, 1.165) is 24.5 Å². The Bertz CT molecular complexity index is 938. The summed E-state index contributed by atoms with van der Waals surface area (Å²) in [4.78, 5) is 0. The Morgan fingerprint density at radius 1 is 0.974 bits per heavy atom. The van der Waals surface area contributed by atoms with Crippen molar-refractivity contribution in [1.29, 1.82) is 0 Å². The molecule has 1 aliphatic heterocycles. The minimum absolute atomic E-state index is 0. The molecule has 4 rings (SSSR count). The average molecular weight is 612 g/mol. The zero-order valence-electron chi connectivity index (χ0n) is 25.7. The Morgan fingerprint density at radius 2 is 1.50 bits per heavy atom. The van der Waals surface area contributed by atoms with Gasteiger partial charge in [-0.2, -0.15) is 0 Å². The van der Waals surface area contributed by atoms with Crippen molar-refractivity contribution in [3.8, 4) is 0 Å². The second kappa shape index (κ2) is 13.9. The van der Waals surface area contributed by atoms with Crippen molar-refractivity contribution in [2.75, 3.05) is 26.2 Å². The van der Waals surface area contributed by atoms with Gasteiger partial charge >= 0.3 is 35.6 Å². The molecule has 38 heavy (non-hydrogen) atoms. The summed E-state index contributed by atoms with van der Waals surface area (Å²) in [6, 6.07) is 7.49. The van der Waals surface area contributed by atoms with Gasteiger partial charge in [-0.25, -0.2) is 0 Å². The molecule has 214 valence electrons. The van der Waals surface area contributed by atoms with E-state index in [9.17, 15) is 0 Å². The first-order valence-electron chi connectivity index (χ1n) is 14.1. The van der Waals surface area contributed by atoms with Crippen LogP contribution in [-0.2, 0) is 27.9 Å². The second-order valence-electron chi connectivity index (χ2n) is 13.8. The summed E-state index contributed by atoms with van der Waals surface area (Å²) in [5, 5.41) is 4.65. The van der Waals surface area contributed by atoms with E-state index in [2.05, 4.69) is 108 Å². The maximum absolute atomic E-state index is 4.89. The number of hydrogen-bond donors (Lipinski definition) is 0. The number of nitrogens with zero attached hydrogens (tertiary/aromatic N) is 2. The van der Waals surface area contributed by atoms with Crippen molar-refractivity contribution >= 4 is 32.4 Å². The first-order valence-corrected chi connectivity index (χ1v) is 21.5. The van der Waals surface area contributed by atoms with Gasteiger partial charge in [0.1, 0.15) is 8.24 Å². The molecule has 2 fully saturated rings. The number of hydrogen-bond acceptors (Lipinski definition) is 1. The number of fused-ring (bicyclic) bond motifs is 1. The number of rotatable bonds is 4. The van der Waals surface area contributed by atoms with Gasteiger partial charge in [0.2, 0.25) is 0 Å². The predicted octanol–water partition coefficient (Wildman–Crippen LogP) is 9.99. The fraction of sp³-hybridized carbons (Fsp3) is 0.656. The monoisotopic (exact) mass is 610 g/mol. The fourth-order valence-corrected chi connectivity index (χ4v) is 11.6. The summed E-state index contributed by atoms with van der Waals surface area (Å²) in [6.07, 6.45) is 10.1. The zero-order chi connectivity index (χ0) is 27.6. The van der Waals surface area contributed by atoms with E-state index in [-0.39, 0.29) is 18.3 Å². The summed E-state index contributed by atoms with van der Waals surface area (Å²) in [5.74, 6) is 2.17. The third kappa shape index (κ3) is 7.69. The zero-order valence-corrected chi connectivity index (χ0v) is 29.7. The Hall–Kier alpha value is 0.131. The van der Waals surface area contributed by atoms with Gasteiger partial charge in [-0.1, -0.05) is 104 Å². The molecule has 3 aliphatic rings. The van der Waals surface area contributed by atoms with Crippen molar-refractivity contribution in [2.24, 2.45) is 17.8 Å². The van der Waals surface area contributed by atoms with Crippen LogP contribution in [0, 0.1) is 25.2 Å². The van der Waals surface area contributed by atoms with Crippen molar-refractivity contribution in [1.82, 2.24) is 4.57 Å². The van der Waals surface area contributed by atoms with Crippen LogP contribution >= 0.6 is 18.6 Å². The molecule has 6 heteroatoms. The van der Waals surface area contributed by atoms with Gasteiger partial charge in [0.25, 0.3) is 0 Å². The average Bonchev–Trinajstić information content (AvgIpc) is 3.23. The summed E-state index contributed by atoms with van der Waals surface area (Å²) >= 11 is -0.556. The summed E-state index contributed by atoms with van der Waals surface area (Å²) in [6.45, 7) is 26.3. The summed E-state index contributed by atoms with van der Waals surface area (Å²) in [7, 11) is 8.20. The molecule has 1 saturated carbocycles. The molecule has 0 bridgehead atoms. The molecular weight excluding hydrogens is 559 g/mol. The maximum atomic E-state index is 4.89. The van der Waals surface area contributed by atoms with Crippen LogP contribution in [0.3, 0.4) is 0 Å². The molecule has 2 nitrogen and oxygen atoms in total. The van der Waals surface area contributed by atoms with Crippen molar-refractivity contribution in [3.63, 3.8) is 0 Å². The van der Waals surface area contributed by atoms with Crippen LogP contribution in [0.5, 0.6) is 0 Å². The Morgan fingerprint density at radius 3 is 1.97 bits per heavy atom. The molecule has 1 aromatic carbocycles. The molecule has 1 aromatic rings. The van der Waals surface area contributed by atoms with Crippen LogP contribution in [-0.4, -0.2) is 39.0 Å². The molecule has 0 N–H and O–H groups in total. The van der Waals surface area contributed by atoms with E-state index in [1.165, 1.54) is 42.6 Å². The second-order valence-corrected chi connectivity index (χ2v) is 21.0. The molecule has 1 heterocycles. The van der Waals surface area contributed by atoms with E-state index < -0.39 is 25.3 Å². The van der Waals surface area contributed by atoms with Crippen LogP contribution in [0.25, 0.3) is 10.9 Å². The standard InChI is InChI=1S/C31H49N2Si.CH3.2ClH.Ti/c1-10-22-20-28-26(23-18-24(30(2,3)4)21-25(19-23)31(5,6)7)12-11-13-27(28)29(22)34(8,9)33-16-14-32-15-17-33;;;;/h11-13,18-19,21-22,27-29H,10,14-17,20H2,1-9H3;1H3;2*1H;/q2*-1;;;+2/p-2. The molecule has 1 saturated heterocycles. The molecule has 4 unspecified atom stereocenters. The molecule has 0 amide bonds. The molecule has 2 aliphatic carbocycles. The molecule has 0 radical (unpaired) electrons. The summed E-state index contributed by atoms with van der Waals surface area (Å²) in [5.41, 5.74) is 7.14. The van der Waals surface area contributed by atoms with E-state index >= 15 is 0 Å². The van der Waals surface area contributed by atoms with Gasteiger partial charge in [0, 0.05) is 0 Å². The third-order valence-electron chi connectivity index (χ3n) is 9.16. The van der Waals surface area contributed by atoms with Gasteiger partial charge in [-0.15, -0.1) is 13.1 Å². The molecule has 0 aromatic heterocycles. The minimum atomic E-state index is -1.58. The normalized spacial score (nSPS) is 26.0. The Kier molecular flexibility index (Phi) is 12.5. The molecular formula is C32H52Cl2N2SiTi-2. The number of benzene rings is 1. The Balaban J connectivity index is 0.00000121. The van der Waals surface area contributed by atoms with Crippen LogP contribution in [0.4, 0.5) is 0 Å². The van der Waals surface area contributed by atoms with Crippen molar-refractivity contribution < 1.29 is 17.0 Å². The van der Waals surface area contributed by atoms with Gasteiger partial charge in [-0.05, 0) is 75.9 Å². The predicted molar refractivity (Wildman–Crippen MR) is 170 cm³/mol. The first kappa shape index (κ1) is 34.3. The van der Waals surface area contributed by atoms with Crippen molar-refractivity contribution in [2.45, 2.75) is 90.8 Å². The quantitative estimate of drug-likeness (QED) is 0.245. The van der Waals surface area contributed by atoms with E-state index in [1.807, 2.05) is 0 Å². The third-order valence-corrected chi connectivity index (χ3v) is 13.7. The fourth-order valence-electron chi connectivity index (χ4n) is 7.03. The van der Waals surface area contributed by atoms with E-state index in [4.69, 9.17) is 18.6 Å². The van der Waals surface area contributed by atoms with Gasteiger partial charge in [0.05, 0.1) is 0 Å². The van der Waals surface area contributed by atoms with Gasteiger partial charge in [0.15, 0.2) is 0 Å². The van der Waals surface area contributed by atoms with Crippen molar-refractivity contribution in [3.05, 3.63) is 65.9 Å². The molecule has 0 spiro atoms. The number of halogens is 2. The Labute approximate surface area is 253 Å². The number of piperazine rings is 1. The van der Waals surface area contributed by atoms with E-state index in [1.54, 1.807) is 5.57 Å². The molecule has 4 atom stereocenters. The van der Waals surface area contributed by atoms with Gasteiger partial charge < -0.3 is 17.3 Å². The topological polar surface area (TPSA) is 17.3 Å². The van der Waals surface area contributed by atoms with Crippen LogP contribution < -0.4 is 0 Å².